The van der Waals surface area contributed by atoms with Gasteiger partial charge in [-0.3, -0.25) is 0 Å². The van der Waals surface area contributed by atoms with Crippen molar-refractivity contribution in [3.05, 3.63) is 54.3 Å². The second-order valence-corrected chi connectivity index (χ2v) is 5.16. The average Bonchev–Trinajstić information content (AvgIpc) is 2.51. The number of aliphatic hydroxyl groups excluding tert-OH is 1. The predicted molar refractivity (Wildman–Crippen MR) is 87.8 cm³/mol. The van der Waals surface area contributed by atoms with Crippen molar-refractivity contribution in [1.82, 2.24) is 0 Å². The molecule has 0 saturated heterocycles. The maximum Gasteiger partial charge on any atom is 0.120 e. The first-order valence-electron chi connectivity index (χ1n) is 7.35. The zero-order valence-electron chi connectivity index (χ0n) is 13.0. The van der Waals surface area contributed by atoms with Gasteiger partial charge in [0.2, 0.25) is 0 Å². The quantitative estimate of drug-likeness (QED) is 0.610. The molecule has 0 radical (unpaired) electrons. The summed E-state index contributed by atoms with van der Waals surface area (Å²) in [5.41, 5.74) is 1.53. The highest BCUT2D eigenvalue weighted by atomic mass is 16.3. The molecule has 2 atom stereocenters. The van der Waals surface area contributed by atoms with E-state index in [1.54, 1.807) is 6.08 Å². The third kappa shape index (κ3) is 5.45. The number of rotatable bonds is 7. The highest BCUT2D eigenvalue weighted by Crippen LogP contribution is 2.16. The van der Waals surface area contributed by atoms with Gasteiger partial charge < -0.3 is 10.0 Å². The average molecular weight is 284 g/mol. The first kappa shape index (κ1) is 17.0. The van der Waals surface area contributed by atoms with Crippen molar-refractivity contribution < 1.29 is 5.11 Å². The number of anilines is 1. The molecule has 3 nitrogen and oxygen atoms in total. The molecule has 1 aromatic carbocycles. The minimum atomic E-state index is -0.322. The van der Waals surface area contributed by atoms with Crippen molar-refractivity contribution in [2.45, 2.75) is 32.8 Å². The zero-order chi connectivity index (χ0) is 15.7. The van der Waals surface area contributed by atoms with Crippen molar-refractivity contribution in [3.8, 4) is 6.07 Å². The fraction of sp³-hybridized carbons (Fsp3) is 0.389. The molecule has 0 aliphatic heterocycles. The van der Waals surface area contributed by atoms with E-state index in [0.29, 0.717) is 5.70 Å². The van der Waals surface area contributed by atoms with Gasteiger partial charge in [-0.05, 0) is 24.6 Å². The molecule has 1 aromatic rings. The van der Waals surface area contributed by atoms with Gasteiger partial charge in [0.15, 0.2) is 0 Å². The van der Waals surface area contributed by atoms with Crippen LogP contribution in [0.3, 0.4) is 0 Å². The van der Waals surface area contributed by atoms with Gasteiger partial charge in [0, 0.05) is 18.7 Å². The van der Waals surface area contributed by atoms with Gasteiger partial charge in [0.05, 0.1) is 6.10 Å². The third-order valence-corrected chi connectivity index (χ3v) is 3.48. The van der Waals surface area contributed by atoms with Crippen LogP contribution in [0.1, 0.15) is 26.7 Å². The molecule has 0 fully saturated rings. The van der Waals surface area contributed by atoms with Crippen molar-refractivity contribution in [2.24, 2.45) is 5.92 Å². The number of nitrogens with zero attached hydrogens (tertiary/aromatic N) is 2. The van der Waals surface area contributed by atoms with Gasteiger partial charge in [0.1, 0.15) is 11.8 Å². The Kier molecular flexibility index (Phi) is 7.28. The Morgan fingerprint density at radius 3 is 2.62 bits per heavy atom. The van der Waals surface area contributed by atoms with Crippen LogP contribution in [-0.4, -0.2) is 18.3 Å². The number of para-hydroxylation sites is 1. The molecule has 21 heavy (non-hydrogen) atoms. The summed E-state index contributed by atoms with van der Waals surface area (Å²) in [4.78, 5) is 1.84. The van der Waals surface area contributed by atoms with Crippen molar-refractivity contribution in [1.29, 1.82) is 5.26 Å². The third-order valence-electron chi connectivity index (χ3n) is 3.48. The van der Waals surface area contributed by atoms with E-state index in [2.05, 4.69) is 13.0 Å². The second kappa shape index (κ2) is 8.99. The molecule has 0 saturated carbocycles. The molecule has 0 amide bonds. The standard InChI is InChI=1S/C18H24N2O/c1-4-9-18(21)15(2)10-8-13-17(14-19)20(3)16-11-6-5-7-12-16/h5-8,10-13,15,18,21H,4,9H2,1-3H3/b10-8+,17-13-. The molecule has 2 unspecified atom stereocenters. The summed E-state index contributed by atoms with van der Waals surface area (Å²) < 4.78 is 0. The Hall–Kier alpha value is -2.05. The van der Waals surface area contributed by atoms with E-state index in [1.165, 1.54) is 0 Å². The maximum atomic E-state index is 9.88. The fourth-order valence-electron chi connectivity index (χ4n) is 2.02. The number of aliphatic hydroxyl groups is 1. The lowest BCUT2D eigenvalue weighted by Gasteiger charge is -2.17. The van der Waals surface area contributed by atoms with Gasteiger partial charge in [-0.25, -0.2) is 0 Å². The number of nitriles is 1. The predicted octanol–water partition coefficient (Wildman–Crippen LogP) is 3.88. The van der Waals surface area contributed by atoms with Crippen LogP contribution in [0.4, 0.5) is 5.69 Å². The van der Waals surface area contributed by atoms with Crippen LogP contribution in [0.15, 0.2) is 54.3 Å². The molecule has 3 heteroatoms. The number of allylic oxidation sites excluding steroid dienone is 3. The van der Waals surface area contributed by atoms with Crippen molar-refractivity contribution in [3.63, 3.8) is 0 Å². The first-order chi connectivity index (χ1) is 10.1. The number of benzene rings is 1. The maximum absolute atomic E-state index is 9.88. The Bertz CT molecular complexity index is 514. The lowest BCUT2D eigenvalue weighted by molar-refractivity contribution is 0.127. The second-order valence-electron chi connectivity index (χ2n) is 5.16. The largest absolute Gasteiger partial charge is 0.393 e. The summed E-state index contributed by atoms with van der Waals surface area (Å²) in [5, 5.41) is 19.2. The Morgan fingerprint density at radius 2 is 2.05 bits per heavy atom. The highest BCUT2D eigenvalue weighted by Gasteiger charge is 2.09. The highest BCUT2D eigenvalue weighted by molar-refractivity contribution is 5.54. The molecule has 0 aliphatic carbocycles. The molecule has 0 spiro atoms. The van der Waals surface area contributed by atoms with E-state index in [0.717, 1.165) is 18.5 Å². The van der Waals surface area contributed by atoms with Gasteiger partial charge >= 0.3 is 0 Å². The number of hydrogen-bond acceptors (Lipinski definition) is 3. The van der Waals surface area contributed by atoms with E-state index in [-0.39, 0.29) is 12.0 Å². The molecule has 0 aliphatic rings. The lowest BCUT2D eigenvalue weighted by atomic mass is 10.0. The summed E-state index contributed by atoms with van der Waals surface area (Å²) in [5.74, 6) is 0.0863. The summed E-state index contributed by atoms with van der Waals surface area (Å²) in [7, 11) is 1.87. The molecular weight excluding hydrogens is 260 g/mol. The Morgan fingerprint density at radius 1 is 1.38 bits per heavy atom. The molecular formula is C18H24N2O. The van der Waals surface area contributed by atoms with Crippen LogP contribution in [0.5, 0.6) is 0 Å². The van der Waals surface area contributed by atoms with Gasteiger partial charge in [-0.1, -0.05) is 50.6 Å². The summed E-state index contributed by atoms with van der Waals surface area (Å²) >= 11 is 0. The Balaban J connectivity index is 2.74. The lowest BCUT2D eigenvalue weighted by Crippen LogP contribution is -2.15. The van der Waals surface area contributed by atoms with E-state index < -0.39 is 0 Å². The van der Waals surface area contributed by atoms with Gasteiger partial charge in [-0.15, -0.1) is 0 Å². The molecule has 0 heterocycles. The van der Waals surface area contributed by atoms with E-state index in [4.69, 9.17) is 0 Å². The van der Waals surface area contributed by atoms with Crippen LogP contribution in [0.2, 0.25) is 0 Å². The minimum absolute atomic E-state index is 0.0863. The van der Waals surface area contributed by atoms with Crippen LogP contribution in [-0.2, 0) is 0 Å². The van der Waals surface area contributed by atoms with Crippen LogP contribution < -0.4 is 4.90 Å². The smallest absolute Gasteiger partial charge is 0.120 e. The topological polar surface area (TPSA) is 47.3 Å². The van der Waals surface area contributed by atoms with Crippen LogP contribution >= 0.6 is 0 Å². The Labute approximate surface area is 127 Å². The molecule has 0 aromatic heterocycles. The van der Waals surface area contributed by atoms with Crippen LogP contribution in [0, 0.1) is 17.2 Å². The zero-order valence-corrected chi connectivity index (χ0v) is 13.0. The van der Waals surface area contributed by atoms with Crippen molar-refractivity contribution in [2.75, 3.05) is 11.9 Å². The van der Waals surface area contributed by atoms with E-state index in [1.807, 2.05) is 61.4 Å². The molecule has 0 bridgehead atoms. The SMILES string of the molecule is CCCC(O)C(C)/C=C/C=C(/C#N)N(C)c1ccccc1. The summed E-state index contributed by atoms with van der Waals surface area (Å²) in [6.07, 6.45) is 7.01. The molecule has 1 N–H and O–H groups in total. The molecule has 112 valence electrons. The number of hydrogen-bond donors (Lipinski definition) is 1. The van der Waals surface area contributed by atoms with Crippen molar-refractivity contribution >= 4 is 5.69 Å². The first-order valence-corrected chi connectivity index (χ1v) is 7.35. The van der Waals surface area contributed by atoms with Gasteiger partial charge in [0.25, 0.3) is 0 Å². The molecule has 1 rings (SSSR count). The van der Waals surface area contributed by atoms with E-state index >= 15 is 0 Å². The van der Waals surface area contributed by atoms with Crippen LogP contribution in [0.25, 0.3) is 0 Å². The minimum Gasteiger partial charge on any atom is -0.393 e. The summed E-state index contributed by atoms with van der Waals surface area (Å²) in [6, 6.07) is 12.0. The fourth-order valence-corrected chi connectivity index (χ4v) is 2.02. The summed E-state index contributed by atoms with van der Waals surface area (Å²) in [6.45, 7) is 4.04. The van der Waals surface area contributed by atoms with Gasteiger partial charge in [-0.2, -0.15) is 5.26 Å². The van der Waals surface area contributed by atoms with E-state index in [9.17, 15) is 10.4 Å². The normalized spacial score (nSPS) is 14.7. The monoisotopic (exact) mass is 284 g/mol.